The third kappa shape index (κ3) is 5.22. The fraction of sp³-hybridized carbons (Fsp3) is 0.720. The van der Waals surface area contributed by atoms with E-state index in [0.29, 0.717) is 30.7 Å². The van der Waals surface area contributed by atoms with E-state index in [9.17, 15) is 13.2 Å². The topological polar surface area (TPSA) is 112 Å². The van der Waals surface area contributed by atoms with E-state index in [2.05, 4.69) is 28.0 Å². The van der Waals surface area contributed by atoms with Crippen LogP contribution in [-0.4, -0.2) is 82.0 Å². The normalized spacial score (nSPS) is 28.9. The summed E-state index contributed by atoms with van der Waals surface area (Å²) in [7, 11) is -3.65. The summed E-state index contributed by atoms with van der Waals surface area (Å²) in [6, 6.07) is 5.99. The number of nitrogens with zero attached hydrogens (tertiary/aromatic N) is 2. The van der Waals surface area contributed by atoms with E-state index in [1.165, 1.54) is 4.31 Å². The van der Waals surface area contributed by atoms with Gasteiger partial charge in [0.1, 0.15) is 12.4 Å². The number of anilines is 2. The summed E-state index contributed by atoms with van der Waals surface area (Å²) in [5.41, 5.74) is 7.95. The Bertz CT molecular complexity index is 1050. The van der Waals surface area contributed by atoms with Gasteiger partial charge in [0.15, 0.2) is 0 Å². The first-order valence-electron chi connectivity index (χ1n) is 13.2. The predicted molar refractivity (Wildman–Crippen MR) is 139 cm³/mol. The number of sulfonamides is 1. The summed E-state index contributed by atoms with van der Waals surface area (Å²) >= 11 is 0. The first-order valence-corrected chi connectivity index (χ1v) is 14.8. The van der Waals surface area contributed by atoms with Gasteiger partial charge in [0, 0.05) is 50.1 Å². The number of carbonyl (C=O) groups is 1. The number of benzene rings is 1. The van der Waals surface area contributed by atoms with Crippen molar-refractivity contribution in [3.63, 3.8) is 0 Å². The Morgan fingerprint density at radius 3 is 2.81 bits per heavy atom. The molecule has 36 heavy (non-hydrogen) atoms. The summed E-state index contributed by atoms with van der Waals surface area (Å²) in [6.45, 7) is 7.69. The average Bonchev–Trinajstić information content (AvgIpc) is 3.35. The van der Waals surface area contributed by atoms with Crippen LogP contribution >= 0.6 is 0 Å². The molecule has 3 fully saturated rings. The second-order valence-corrected chi connectivity index (χ2v) is 12.7. The van der Waals surface area contributed by atoms with E-state index in [0.717, 1.165) is 57.0 Å². The van der Waals surface area contributed by atoms with Crippen LogP contribution in [0, 0.1) is 11.8 Å². The molecule has 0 radical (unpaired) electrons. The van der Waals surface area contributed by atoms with Gasteiger partial charge in [0.2, 0.25) is 15.9 Å². The van der Waals surface area contributed by atoms with Gasteiger partial charge < -0.3 is 19.7 Å². The predicted octanol–water partition coefficient (Wildman–Crippen LogP) is 1.55. The molecule has 1 aliphatic carbocycles. The third-order valence-electron chi connectivity index (χ3n) is 8.07. The minimum atomic E-state index is -3.65. The van der Waals surface area contributed by atoms with Crippen LogP contribution in [0.5, 0.6) is 5.75 Å². The maximum atomic E-state index is 13.6. The highest BCUT2D eigenvalue weighted by molar-refractivity contribution is 7.89. The quantitative estimate of drug-likeness (QED) is 0.496. The fourth-order valence-electron chi connectivity index (χ4n) is 6.27. The van der Waals surface area contributed by atoms with Crippen molar-refractivity contribution >= 4 is 27.3 Å². The molecule has 10 nitrogen and oxygen atoms in total. The SMILES string of the molecule is CCN(CC(=O)Nc1ccc2c(c1)OCCN2C1CCOCC1)S(=O)(=O)C1CC(C)CC2CNNC21. The van der Waals surface area contributed by atoms with Crippen LogP contribution in [0.25, 0.3) is 0 Å². The zero-order valence-electron chi connectivity index (χ0n) is 21.2. The number of carbonyl (C=O) groups excluding carboxylic acids is 1. The Balaban J connectivity index is 1.25. The minimum absolute atomic E-state index is 0.125. The van der Waals surface area contributed by atoms with Gasteiger partial charge in [-0.3, -0.25) is 15.6 Å². The number of rotatable bonds is 7. The molecule has 200 valence electrons. The smallest absolute Gasteiger partial charge is 0.239 e. The molecule has 1 saturated carbocycles. The van der Waals surface area contributed by atoms with Crippen LogP contribution in [0.4, 0.5) is 11.4 Å². The number of amides is 1. The summed E-state index contributed by atoms with van der Waals surface area (Å²) in [5, 5.41) is 2.35. The fourth-order valence-corrected chi connectivity index (χ4v) is 8.54. The minimum Gasteiger partial charge on any atom is -0.489 e. The number of hydrazine groups is 1. The Hall–Kier alpha value is -1.92. The molecular formula is C25H39N5O5S. The molecule has 11 heteroatoms. The van der Waals surface area contributed by atoms with Crippen molar-refractivity contribution in [1.82, 2.24) is 15.2 Å². The van der Waals surface area contributed by atoms with Crippen LogP contribution in [0.1, 0.15) is 39.5 Å². The molecule has 1 amide bonds. The molecule has 4 aliphatic rings. The van der Waals surface area contributed by atoms with Gasteiger partial charge in [0.05, 0.1) is 24.0 Å². The van der Waals surface area contributed by atoms with Crippen LogP contribution in [0.2, 0.25) is 0 Å². The molecule has 4 atom stereocenters. The summed E-state index contributed by atoms with van der Waals surface area (Å²) in [6.07, 6.45) is 3.59. The summed E-state index contributed by atoms with van der Waals surface area (Å²) < 4.78 is 40.0. The Labute approximate surface area is 214 Å². The van der Waals surface area contributed by atoms with Crippen LogP contribution in [0.15, 0.2) is 18.2 Å². The van der Waals surface area contributed by atoms with Gasteiger partial charge in [-0.25, -0.2) is 8.42 Å². The lowest BCUT2D eigenvalue weighted by Gasteiger charge is -2.39. The number of nitrogens with one attached hydrogen (secondary N) is 3. The van der Waals surface area contributed by atoms with Crippen molar-refractivity contribution in [2.45, 2.75) is 56.9 Å². The molecule has 4 unspecified atom stereocenters. The molecule has 0 aromatic heterocycles. The van der Waals surface area contributed by atoms with Gasteiger partial charge in [-0.2, -0.15) is 4.31 Å². The molecule has 1 aromatic carbocycles. The second kappa shape index (κ2) is 10.8. The molecular weight excluding hydrogens is 482 g/mol. The zero-order valence-corrected chi connectivity index (χ0v) is 22.1. The Morgan fingerprint density at radius 1 is 1.22 bits per heavy atom. The van der Waals surface area contributed by atoms with Gasteiger partial charge in [-0.05, 0) is 49.7 Å². The first-order chi connectivity index (χ1) is 17.4. The number of ether oxygens (including phenoxy) is 2. The number of hydrogen-bond acceptors (Lipinski definition) is 8. The van der Waals surface area contributed by atoms with E-state index in [4.69, 9.17) is 9.47 Å². The molecule has 3 aliphatic heterocycles. The Morgan fingerprint density at radius 2 is 2.03 bits per heavy atom. The van der Waals surface area contributed by atoms with E-state index in [1.54, 1.807) is 6.92 Å². The highest BCUT2D eigenvalue weighted by Gasteiger charge is 2.47. The number of likely N-dealkylation sites (N-methyl/N-ethyl adjacent to an activating group) is 1. The second-order valence-electron chi connectivity index (χ2n) is 10.5. The van der Waals surface area contributed by atoms with E-state index in [1.807, 2.05) is 18.2 Å². The standard InChI is InChI=1S/C25H39N5O5S/c1-3-29(36(32,33)23-13-17(2)12-18-15-26-28-25(18)23)16-24(31)27-19-4-5-21-22(14-19)35-11-8-30(21)20-6-9-34-10-7-20/h4-5,14,17-18,20,23,25-26,28H,3,6-13,15-16H2,1-2H3,(H,27,31). The van der Waals surface area contributed by atoms with Crippen molar-refractivity contribution < 1.29 is 22.7 Å². The first kappa shape index (κ1) is 25.7. The molecule has 2 saturated heterocycles. The molecule has 5 rings (SSSR count). The van der Waals surface area contributed by atoms with Crippen LogP contribution in [-0.2, 0) is 19.6 Å². The van der Waals surface area contributed by atoms with Crippen molar-refractivity contribution in [3.8, 4) is 5.75 Å². The molecule has 1 aromatic rings. The molecule has 3 N–H and O–H groups in total. The zero-order chi connectivity index (χ0) is 25.3. The molecule has 3 heterocycles. The van der Waals surface area contributed by atoms with Crippen molar-refractivity contribution in [2.75, 3.05) is 56.2 Å². The van der Waals surface area contributed by atoms with Crippen LogP contribution in [0.3, 0.4) is 0 Å². The lowest BCUT2D eigenvalue weighted by molar-refractivity contribution is -0.116. The lowest BCUT2D eigenvalue weighted by atomic mass is 9.79. The molecule has 0 spiro atoms. The highest BCUT2D eigenvalue weighted by Crippen LogP contribution is 2.37. The number of hydrogen-bond donors (Lipinski definition) is 3. The summed E-state index contributed by atoms with van der Waals surface area (Å²) in [4.78, 5) is 15.4. The number of fused-ring (bicyclic) bond motifs is 2. The van der Waals surface area contributed by atoms with Crippen molar-refractivity contribution in [1.29, 1.82) is 0 Å². The van der Waals surface area contributed by atoms with Gasteiger partial charge in [-0.1, -0.05) is 13.8 Å². The average molecular weight is 522 g/mol. The van der Waals surface area contributed by atoms with E-state index < -0.39 is 15.3 Å². The van der Waals surface area contributed by atoms with E-state index in [-0.39, 0.29) is 31.0 Å². The highest BCUT2D eigenvalue weighted by atomic mass is 32.2. The van der Waals surface area contributed by atoms with Gasteiger partial charge >= 0.3 is 0 Å². The van der Waals surface area contributed by atoms with E-state index >= 15 is 0 Å². The van der Waals surface area contributed by atoms with Crippen LogP contribution < -0.4 is 25.8 Å². The Kier molecular flexibility index (Phi) is 7.73. The molecule has 0 bridgehead atoms. The van der Waals surface area contributed by atoms with Gasteiger partial charge in [-0.15, -0.1) is 0 Å². The largest absolute Gasteiger partial charge is 0.489 e. The van der Waals surface area contributed by atoms with Crippen molar-refractivity contribution in [2.24, 2.45) is 11.8 Å². The maximum absolute atomic E-state index is 13.6. The van der Waals surface area contributed by atoms with Gasteiger partial charge in [0.25, 0.3) is 0 Å². The monoisotopic (exact) mass is 521 g/mol. The maximum Gasteiger partial charge on any atom is 0.239 e. The van der Waals surface area contributed by atoms with Crippen molar-refractivity contribution in [3.05, 3.63) is 18.2 Å². The summed E-state index contributed by atoms with van der Waals surface area (Å²) in [5.74, 6) is 1.01. The third-order valence-corrected chi connectivity index (χ3v) is 10.4. The lowest BCUT2D eigenvalue weighted by Crippen LogP contribution is -2.54.